The minimum atomic E-state index is 0.757. The van der Waals surface area contributed by atoms with E-state index in [1.54, 1.807) is 0 Å². The van der Waals surface area contributed by atoms with Gasteiger partial charge in [-0.3, -0.25) is 9.69 Å². The zero-order chi connectivity index (χ0) is 10.5. The molecule has 3 heteroatoms. The van der Waals surface area contributed by atoms with Crippen molar-refractivity contribution in [2.45, 2.75) is 6.54 Å². The number of hydrogen-bond acceptors (Lipinski definition) is 3. The fourth-order valence-electron chi connectivity index (χ4n) is 1.72. The highest BCUT2D eigenvalue weighted by Gasteiger charge is 2.10. The Balaban J connectivity index is 1.94. The molecule has 0 atom stereocenters. The number of aldehydes is 1. The van der Waals surface area contributed by atoms with E-state index < -0.39 is 0 Å². The fraction of sp³-hybridized carbons (Fsp3) is 0.417. The van der Waals surface area contributed by atoms with Gasteiger partial charge in [0.1, 0.15) is 6.29 Å². The van der Waals surface area contributed by atoms with Gasteiger partial charge in [0.2, 0.25) is 0 Å². The molecule has 1 aromatic carbocycles. The molecule has 0 unspecified atom stereocenters. The van der Waals surface area contributed by atoms with Gasteiger partial charge < -0.3 is 0 Å². The molecule has 1 saturated heterocycles. The Morgan fingerprint density at radius 2 is 1.87 bits per heavy atom. The van der Waals surface area contributed by atoms with E-state index in [-0.39, 0.29) is 0 Å². The van der Waals surface area contributed by atoms with Gasteiger partial charge >= 0.3 is 0 Å². The Morgan fingerprint density at radius 1 is 1.20 bits per heavy atom. The number of rotatable bonds is 3. The summed E-state index contributed by atoms with van der Waals surface area (Å²) in [6, 6.07) is 7.87. The summed E-state index contributed by atoms with van der Waals surface area (Å²) in [5.74, 6) is 2.48. The van der Waals surface area contributed by atoms with Crippen LogP contribution in [0.2, 0.25) is 0 Å². The fourth-order valence-corrected chi connectivity index (χ4v) is 2.70. The van der Waals surface area contributed by atoms with Crippen molar-refractivity contribution in [2.75, 3.05) is 24.6 Å². The molecule has 0 saturated carbocycles. The third-order valence-electron chi connectivity index (χ3n) is 2.63. The Bertz CT molecular complexity index is 317. The first-order valence-electron chi connectivity index (χ1n) is 5.23. The first-order valence-corrected chi connectivity index (χ1v) is 6.38. The zero-order valence-electron chi connectivity index (χ0n) is 8.69. The molecular weight excluding hydrogens is 206 g/mol. The van der Waals surface area contributed by atoms with E-state index >= 15 is 0 Å². The van der Waals surface area contributed by atoms with Crippen LogP contribution in [0.15, 0.2) is 24.3 Å². The van der Waals surface area contributed by atoms with Crippen molar-refractivity contribution >= 4 is 18.0 Å². The van der Waals surface area contributed by atoms with Crippen molar-refractivity contribution < 1.29 is 4.79 Å². The van der Waals surface area contributed by atoms with Crippen molar-refractivity contribution in [2.24, 2.45) is 0 Å². The van der Waals surface area contributed by atoms with Gasteiger partial charge in [0.05, 0.1) is 0 Å². The second-order valence-corrected chi connectivity index (χ2v) is 4.97. The van der Waals surface area contributed by atoms with E-state index in [1.807, 2.05) is 36.0 Å². The van der Waals surface area contributed by atoms with Crippen molar-refractivity contribution in [3.8, 4) is 0 Å². The number of nitrogens with zero attached hydrogens (tertiary/aromatic N) is 1. The van der Waals surface area contributed by atoms with Gasteiger partial charge in [-0.25, -0.2) is 0 Å². The molecule has 0 aliphatic carbocycles. The van der Waals surface area contributed by atoms with E-state index in [0.717, 1.165) is 18.4 Å². The number of carbonyl (C=O) groups is 1. The predicted molar refractivity (Wildman–Crippen MR) is 64.4 cm³/mol. The summed E-state index contributed by atoms with van der Waals surface area (Å²) >= 11 is 2.03. The molecule has 2 rings (SSSR count). The summed E-state index contributed by atoms with van der Waals surface area (Å²) in [4.78, 5) is 13.0. The molecule has 1 aliphatic heterocycles. The summed E-state index contributed by atoms with van der Waals surface area (Å²) in [6.07, 6.45) is 0.890. The summed E-state index contributed by atoms with van der Waals surface area (Å²) in [7, 11) is 0. The Labute approximate surface area is 94.7 Å². The lowest BCUT2D eigenvalue weighted by Crippen LogP contribution is -2.31. The first kappa shape index (κ1) is 10.7. The number of carbonyl (C=O) groups excluding carboxylic acids is 1. The van der Waals surface area contributed by atoms with Crippen LogP contribution in [0.4, 0.5) is 0 Å². The molecule has 1 aromatic rings. The normalized spacial score (nSPS) is 17.6. The molecule has 0 spiro atoms. The van der Waals surface area contributed by atoms with Gasteiger partial charge in [0.25, 0.3) is 0 Å². The maximum atomic E-state index is 10.5. The lowest BCUT2D eigenvalue weighted by molar-refractivity contribution is 0.112. The van der Waals surface area contributed by atoms with E-state index in [1.165, 1.54) is 30.2 Å². The second kappa shape index (κ2) is 5.33. The quantitative estimate of drug-likeness (QED) is 0.729. The molecule has 0 amide bonds. The first-order chi connectivity index (χ1) is 7.38. The summed E-state index contributed by atoms with van der Waals surface area (Å²) in [5, 5.41) is 0. The van der Waals surface area contributed by atoms with Crippen molar-refractivity contribution in [1.82, 2.24) is 4.90 Å². The molecule has 0 aromatic heterocycles. The lowest BCUT2D eigenvalue weighted by Gasteiger charge is -2.26. The average Bonchev–Trinajstić information content (AvgIpc) is 2.31. The van der Waals surface area contributed by atoms with Crippen LogP contribution in [-0.2, 0) is 6.54 Å². The molecule has 80 valence electrons. The van der Waals surface area contributed by atoms with Crippen LogP contribution in [0.1, 0.15) is 15.9 Å². The van der Waals surface area contributed by atoms with Crippen molar-refractivity contribution in [3.05, 3.63) is 35.4 Å². The second-order valence-electron chi connectivity index (χ2n) is 3.75. The predicted octanol–water partition coefficient (Wildman–Crippen LogP) is 2.05. The lowest BCUT2D eigenvalue weighted by atomic mass is 10.1. The van der Waals surface area contributed by atoms with Gasteiger partial charge in [-0.05, 0) is 5.56 Å². The maximum Gasteiger partial charge on any atom is 0.150 e. The van der Waals surface area contributed by atoms with Crippen molar-refractivity contribution in [1.29, 1.82) is 0 Å². The van der Waals surface area contributed by atoms with Crippen LogP contribution in [0.25, 0.3) is 0 Å². The van der Waals surface area contributed by atoms with Crippen molar-refractivity contribution in [3.63, 3.8) is 0 Å². The topological polar surface area (TPSA) is 20.3 Å². The van der Waals surface area contributed by atoms with Gasteiger partial charge in [0, 0.05) is 36.7 Å². The number of thioether (sulfide) groups is 1. The van der Waals surface area contributed by atoms with Gasteiger partial charge in [-0.1, -0.05) is 24.3 Å². The van der Waals surface area contributed by atoms with Crippen LogP contribution in [-0.4, -0.2) is 35.8 Å². The van der Waals surface area contributed by atoms with E-state index in [0.29, 0.717) is 0 Å². The average molecular weight is 221 g/mol. The highest BCUT2D eigenvalue weighted by Crippen LogP contribution is 2.13. The third-order valence-corrected chi connectivity index (χ3v) is 3.57. The molecule has 2 nitrogen and oxygen atoms in total. The molecule has 0 bridgehead atoms. The highest BCUT2D eigenvalue weighted by atomic mass is 32.2. The molecule has 15 heavy (non-hydrogen) atoms. The third kappa shape index (κ3) is 3.08. The minimum absolute atomic E-state index is 0.757. The molecule has 1 aliphatic rings. The largest absolute Gasteiger partial charge is 0.298 e. The Morgan fingerprint density at radius 3 is 2.47 bits per heavy atom. The SMILES string of the molecule is O=Cc1ccc(CN2CCSCC2)cc1. The minimum Gasteiger partial charge on any atom is -0.298 e. The van der Waals surface area contributed by atoms with Gasteiger partial charge in [0.15, 0.2) is 0 Å². The monoisotopic (exact) mass is 221 g/mol. The van der Waals surface area contributed by atoms with Crippen LogP contribution >= 0.6 is 11.8 Å². The number of hydrogen-bond donors (Lipinski definition) is 0. The van der Waals surface area contributed by atoms with Gasteiger partial charge in [-0.2, -0.15) is 11.8 Å². The molecule has 1 fully saturated rings. The van der Waals surface area contributed by atoms with E-state index in [9.17, 15) is 4.79 Å². The summed E-state index contributed by atoms with van der Waals surface area (Å²) in [6.45, 7) is 3.37. The number of benzene rings is 1. The summed E-state index contributed by atoms with van der Waals surface area (Å²) < 4.78 is 0. The maximum absolute atomic E-state index is 10.5. The standard InChI is InChI=1S/C12H15NOS/c14-10-12-3-1-11(2-4-12)9-13-5-7-15-8-6-13/h1-4,10H,5-9H2. The molecule has 0 radical (unpaired) electrons. The summed E-state index contributed by atoms with van der Waals surface area (Å²) in [5.41, 5.74) is 2.06. The van der Waals surface area contributed by atoms with Crippen LogP contribution in [0.5, 0.6) is 0 Å². The zero-order valence-corrected chi connectivity index (χ0v) is 9.50. The van der Waals surface area contributed by atoms with Crippen LogP contribution in [0, 0.1) is 0 Å². The molecular formula is C12H15NOS. The Hall–Kier alpha value is -0.800. The van der Waals surface area contributed by atoms with Crippen LogP contribution < -0.4 is 0 Å². The van der Waals surface area contributed by atoms with Gasteiger partial charge in [-0.15, -0.1) is 0 Å². The van der Waals surface area contributed by atoms with E-state index in [4.69, 9.17) is 0 Å². The van der Waals surface area contributed by atoms with Crippen LogP contribution in [0.3, 0.4) is 0 Å². The highest BCUT2D eigenvalue weighted by molar-refractivity contribution is 7.99. The smallest absolute Gasteiger partial charge is 0.150 e. The van der Waals surface area contributed by atoms with E-state index in [2.05, 4.69) is 4.90 Å². The molecule has 1 heterocycles. The molecule has 0 N–H and O–H groups in total. The Kier molecular flexibility index (Phi) is 3.80.